The Balaban J connectivity index is 1.87. The first-order valence-electron chi connectivity index (χ1n) is 8.26. The lowest BCUT2D eigenvalue weighted by Crippen LogP contribution is -2.39. The molecule has 1 aliphatic heterocycles. The second kappa shape index (κ2) is 6.90. The van der Waals surface area contributed by atoms with E-state index >= 15 is 0 Å². The zero-order valence-electron chi connectivity index (χ0n) is 14.6. The first-order chi connectivity index (χ1) is 11.9. The molecule has 1 amide bonds. The summed E-state index contributed by atoms with van der Waals surface area (Å²) in [5.41, 5.74) is 1.77. The van der Waals surface area contributed by atoms with Crippen LogP contribution in [0.25, 0.3) is 0 Å². The predicted octanol–water partition coefficient (Wildman–Crippen LogP) is 3.15. The second-order valence-electron chi connectivity index (χ2n) is 6.28. The van der Waals surface area contributed by atoms with E-state index in [1.807, 2.05) is 4.90 Å². The van der Waals surface area contributed by atoms with E-state index < -0.39 is 10.0 Å². The van der Waals surface area contributed by atoms with Gasteiger partial charge in [0.15, 0.2) is 0 Å². The van der Waals surface area contributed by atoms with E-state index in [2.05, 4.69) is 18.4 Å². The van der Waals surface area contributed by atoms with Gasteiger partial charge in [-0.25, -0.2) is 12.7 Å². The van der Waals surface area contributed by atoms with Gasteiger partial charge in [-0.3, -0.25) is 4.79 Å². The maximum absolute atomic E-state index is 13.0. The Hall–Kier alpha value is -1.70. The predicted molar refractivity (Wildman–Crippen MR) is 99.4 cm³/mol. The quantitative estimate of drug-likeness (QED) is 0.821. The summed E-state index contributed by atoms with van der Waals surface area (Å²) >= 11 is 1.75. The maximum Gasteiger partial charge on any atom is 0.254 e. The Kier molecular flexibility index (Phi) is 4.99. The van der Waals surface area contributed by atoms with Crippen LogP contribution in [0.5, 0.6) is 0 Å². The summed E-state index contributed by atoms with van der Waals surface area (Å²) in [6.07, 6.45) is 1.74. The number of amides is 1. The molecule has 2 aromatic rings. The van der Waals surface area contributed by atoms with Crippen LogP contribution < -0.4 is 0 Å². The molecule has 1 aliphatic rings. The monoisotopic (exact) mass is 378 g/mol. The van der Waals surface area contributed by atoms with Crippen molar-refractivity contribution in [1.82, 2.24) is 9.21 Å². The maximum atomic E-state index is 13.0. The fourth-order valence-electron chi connectivity index (χ4n) is 3.23. The highest BCUT2D eigenvalue weighted by Gasteiger charge is 2.31. The number of carbonyl (C=O) groups excluding carboxylic acids is 1. The Labute approximate surface area is 152 Å². The van der Waals surface area contributed by atoms with Gasteiger partial charge in [0.05, 0.1) is 10.9 Å². The second-order valence-corrected chi connectivity index (χ2v) is 9.44. The van der Waals surface area contributed by atoms with Crippen molar-refractivity contribution >= 4 is 27.3 Å². The number of sulfonamides is 1. The van der Waals surface area contributed by atoms with Crippen molar-refractivity contribution < 1.29 is 13.2 Å². The van der Waals surface area contributed by atoms with Gasteiger partial charge >= 0.3 is 0 Å². The van der Waals surface area contributed by atoms with E-state index in [9.17, 15) is 13.2 Å². The molecule has 7 heteroatoms. The van der Waals surface area contributed by atoms with Crippen molar-refractivity contribution in [2.45, 2.75) is 30.7 Å². The van der Waals surface area contributed by atoms with Gasteiger partial charge in [-0.1, -0.05) is 6.92 Å². The van der Waals surface area contributed by atoms with Crippen LogP contribution in [0.4, 0.5) is 0 Å². The number of hydrogen-bond acceptors (Lipinski definition) is 4. The zero-order valence-corrected chi connectivity index (χ0v) is 16.2. The van der Waals surface area contributed by atoms with Crippen molar-refractivity contribution in [3.8, 4) is 0 Å². The number of thiophene rings is 1. The molecule has 0 saturated carbocycles. The molecule has 5 nitrogen and oxygen atoms in total. The standard InChI is InChI=1S/C18H22N2O3S2/c1-4-16-15-10-12-24-17(15)9-11-20(16)18(21)13-5-7-14(8-6-13)25(22,23)19(2)3/h5-8,10,12,16H,4,9,11H2,1-3H3. The third-order valence-corrected chi connectivity index (χ3v) is 7.45. The first-order valence-corrected chi connectivity index (χ1v) is 10.6. The molecule has 0 N–H and O–H groups in total. The topological polar surface area (TPSA) is 57.7 Å². The SMILES string of the molecule is CCC1c2ccsc2CCN1C(=O)c1ccc(S(=O)(=O)N(C)C)cc1. The van der Waals surface area contributed by atoms with Crippen LogP contribution in [0.15, 0.2) is 40.6 Å². The molecule has 0 bridgehead atoms. The molecule has 0 saturated heterocycles. The zero-order chi connectivity index (χ0) is 18.2. The van der Waals surface area contributed by atoms with Crippen LogP contribution in [-0.2, 0) is 16.4 Å². The minimum absolute atomic E-state index is 0.0440. The molecule has 0 fully saturated rings. The third kappa shape index (κ3) is 3.23. The summed E-state index contributed by atoms with van der Waals surface area (Å²) < 4.78 is 25.5. The van der Waals surface area contributed by atoms with E-state index in [4.69, 9.17) is 0 Å². The first kappa shape index (κ1) is 18.1. The summed E-state index contributed by atoms with van der Waals surface area (Å²) in [5.74, 6) is -0.0440. The lowest BCUT2D eigenvalue weighted by Gasteiger charge is -2.35. The molecule has 1 unspecified atom stereocenters. The number of hydrogen-bond donors (Lipinski definition) is 0. The molecular formula is C18H22N2O3S2. The molecule has 25 heavy (non-hydrogen) atoms. The fourth-order valence-corrected chi connectivity index (χ4v) is 5.06. The summed E-state index contributed by atoms with van der Waals surface area (Å²) in [7, 11) is -0.497. The Morgan fingerprint density at radius 1 is 1.24 bits per heavy atom. The highest BCUT2D eigenvalue weighted by atomic mass is 32.2. The average Bonchev–Trinajstić information content (AvgIpc) is 3.09. The number of nitrogens with zero attached hydrogens (tertiary/aromatic N) is 2. The summed E-state index contributed by atoms with van der Waals surface area (Å²) in [6.45, 7) is 2.78. The molecule has 1 aromatic heterocycles. The minimum Gasteiger partial charge on any atom is -0.331 e. The van der Waals surface area contributed by atoms with Gasteiger partial charge in [0.1, 0.15) is 0 Å². The van der Waals surface area contributed by atoms with E-state index in [1.165, 1.54) is 41.0 Å². The molecule has 0 aliphatic carbocycles. The van der Waals surface area contributed by atoms with Crippen molar-refractivity contribution in [2.75, 3.05) is 20.6 Å². The molecule has 1 atom stereocenters. The number of carbonyl (C=O) groups is 1. The van der Waals surface area contributed by atoms with E-state index in [0.29, 0.717) is 12.1 Å². The third-order valence-electron chi connectivity index (χ3n) is 4.62. The van der Waals surface area contributed by atoms with E-state index in [1.54, 1.807) is 23.5 Å². The largest absolute Gasteiger partial charge is 0.331 e. The van der Waals surface area contributed by atoms with E-state index in [0.717, 1.165) is 12.8 Å². The molecule has 0 radical (unpaired) electrons. The molecule has 1 aromatic carbocycles. The van der Waals surface area contributed by atoms with Crippen LogP contribution >= 0.6 is 11.3 Å². The number of rotatable bonds is 4. The normalized spacial score (nSPS) is 17.6. The highest BCUT2D eigenvalue weighted by Crippen LogP contribution is 2.36. The van der Waals surface area contributed by atoms with Crippen LogP contribution in [0, 0.1) is 0 Å². The smallest absolute Gasteiger partial charge is 0.254 e. The van der Waals surface area contributed by atoms with Gasteiger partial charge in [0.25, 0.3) is 5.91 Å². The average molecular weight is 379 g/mol. The van der Waals surface area contributed by atoms with Gasteiger partial charge in [0.2, 0.25) is 10.0 Å². The van der Waals surface area contributed by atoms with Gasteiger partial charge in [-0.15, -0.1) is 11.3 Å². The lowest BCUT2D eigenvalue weighted by molar-refractivity contribution is 0.0657. The molecule has 134 valence electrons. The molecular weight excluding hydrogens is 356 g/mol. The van der Waals surface area contributed by atoms with Crippen LogP contribution in [0.3, 0.4) is 0 Å². The van der Waals surface area contributed by atoms with Gasteiger partial charge < -0.3 is 4.90 Å². The van der Waals surface area contributed by atoms with Crippen molar-refractivity contribution in [3.63, 3.8) is 0 Å². The molecule has 3 rings (SSSR count). The summed E-state index contributed by atoms with van der Waals surface area (Å²) in [6, 6.07) is 8.42. The number of fused-ring (bicyclic) bond motifs is 1. The van der Waals surface area contributed by atoms with Crippen molar-refractivity contribution in [1.29, 1.82) is 0 Å². The van der Waals surface area contributed by atoms with Crippen molar-refractivity contribution in [2.24, 2.45) is 0 Å². The minimum atomic E-state index is -3.48. The van der Waals surface area contributed by atoms with Gasteiger partial charge in [0, 0.05) is 31.1 Å². The van der Waals surface area contributed by atoms with Gasteiger partial charge in [-0.2, -0.15) is 0 Å². The summed E-state index contributed by atoms with van der Waals surface area (Å²) in [4.78, 5) is 16.4. The van der Waals surface area contributed by atoms with Gasteiger partial charge in [-0.05, 0) is 54.1 Å². The Bertz CT molecular complexity index is 870. The van der Waals surface area contributed by atoms with Crippen LogP contribution in [0.2, 0.25) is 0 Å². The Morgan fingerprint density at radius 3 is 2.52 bits per heavy atom. The fraction of sp³-hybridized carbons (Fsp3) is 0.389. The van der Waals surface area contributed by atoms with Crippen molar-refractivity contribution in [3.05, 3.63) is 51.7 Å². The Morgan fingerprint density at radius 2 is 1.92 bits per heavy atom. The molecule has 0 spiro atoms. The summed E-state index contributed by atoms with van der Waals surface area (Å²) in [5, 5.41) is 2.09. The molecule has 2 heterocycles. The van der Waals surface area contributed by atoms with Crippen LogP contribution in [0.1, 0.15) is 40.2 Å². The number of benzene rings is 1. The van der Waals surface area contributed by atoms with Crippen LogP contribution in [-0.4, -0.2) is 44.2 Å². The van der Waals surface area contributed by atoms with E-state index in [-0.39, 0.29) is 16.8 Å². The highest BCUT2D eigenvalue weighted by molar-refractivity contribution is 7.89. The lowest BCUT2D eigenvalue weighted by atomic mass is 9.97.